The van der Waals surface area contributed by atoms with Crippen molar-refractivity contribution >= 4 is 5.97 Å². The molecule has 18 heavy (non-hydrogen) atoms. The zero-order valence-electron chi connectivity index (χ0n) is 11.0. The highest BCUT2D eigenvalue weighted by atomic mass is 16.4. The van der Waals surface area contributed by atoms with Crippen LogP contribution < -0.4 is 0 Å². The molecule has 2 unspecified atom stereocenters. The van der Waals surface area contributed by atoms with Crippen molar-refractivity contribution in [3.05, 3.63) is 18.0 Å². The minimum absolute atomic E-state index is 0.227. The molecule has 100 valence electrons. The summed E-state index contributed by atoms with van der Waals surface area (Å²) in [6.07, 6.45) is 2.88. The summed E-state index contributed by atoms with van der Waals surface area (Å²) in [5.41, 5.74) is 1.18. The van der Waals surface area contributed by atoms with Crippen LogP contribution >= 0.6 is 0 Å². The minimum atomic E-state index is -0.674. The van der Waals surface area contributed by atoms with E-state index in [0.29, 0.717) is 6.54 Å². The van der Waals surface area contributed by atoms with Crippen LogP contribution in [-0.4, -0.2) is 38.8 Å². The predicted octanol–water partition coefficient (Wildman–Crippen LogP) is 1.45. The van der Waals surface area contributed by atoms with Crippen molar-refractivity contribution in [1.82, 2.24) is 14.7 Å². The van der Waals surface area contributed by atoms with E-state index >= 15 is 0 Å². The Morgan fingerprint density at radius 3 is 2.94 bits per heavy atom. The fourth-order valence-corrected chi connectivity index (χ4v) is 2.65. The minimum Gasteiger partial charge on any atom is -0.481 e. The number of carboxylic acids is 1. The highest BCUT2D eigenvalue weighted by Crippen LogP contribution is 2.24. The third-order valence-electron chi connectivity index (χ3n) is 3.63. The maximum Gasteiger partial charge on any atom is 0.308 e. The Morgan fingerprint density at radius 2 is 2.33 bits per heavy atom. The molecule has 1 aromatic heterocycles. The van der Waals surface area contributed by atoms with Gasteiger partial charge >= 0.3 is 5.97 Å². The number of nitrogens with zero attached hydrogens (tertiary/aromatic N) is 3. The molecule has 2 atom stereocenters. The lowest BCUT2D eigenvalue weighted by Crippen LogP contribution is -2.24. The van der Waals surface area contributed by atoms with Crippen molar-refractivity contribution in [2.24, 2.45) is 11.8 Å². The quantitative estimate of drug-likeness (QED) is 0.860. The zero-order valence-corrected chi connectivity index (χ0v) is 11.0. The first-order valence-electron chi connectivity index (χ1n) is 6.57. The zero-order chi connectivity index (χ0) is 13.1. The second kappa shape index (κ2) is 5.52. The van der Waals surface area contributed by atoms with E-state index in [0.717, 1.165) is 26.1 Å². The summed E-state index contributed by atoms with van der Waals surface area (Å²) in [6.45, 7) is 7.37. The van der Waals surface area contributed by atoms with Gasteiger partial charge < -0.3 is 5.11 Å². The number of hydrogen-bond acceptors (Lipinski definition) is 3. The molecule has 0 radical (unpaired) electrons. The Bertz CT molecular complexity index is 416. The Hall–Kier alpha value is -1.36. The fraction of sp³-hybridized carbons (Fsp3) is 0.692. The predicted molar refractivity (Wildman–Crippen MR) is 68.1 cm³/mol. The van der Waals surface area contributed by atoms with Gasteiger partial charge in [-0.15, -0.1) is 0 Å². The number of likely N-dealkylation sites (tertiary alicyclic amines) is 1. The van der Waals surface area contributed by atoms with Crippen LogP contribution in [0.4, 0.5) is 0 Å². The molecular formula is C13H21N3O2. The largest absolute Gasteiger partial charge is 0.481 e. The molecule has 0 saturated carbocycles. The Morgan fingerprint density at radius 1 is 1.56 bits per heavy atom. The number of carbonyl (C=O) groups is 1. The van der Waals surface area contributed by atoms with Gasteiger partial charge in [0.1, 0.15) is 0 Å². The summed E-state index contributed by atoms with van der Waals surface area (Å²) in [6, 6.07) is 2.02. The first-order chi connectivity index (χ1) is 8.61. The third kappa shape index (κ3) is 2.72. The number of aromatic nitrogens is 2. The number of hydrogen-bond donors (Lipinski definition) is 1. The van der Waals surface area contributed by atoms with Crippen LogP contribution in [0.5, 0.6) is 0 Å². The van der Waals surface area contributed by atoms with Crippen molar-refractivity contribution in [3.63, 3.8) is 0 Å². The van der Waals surface area contributed by atoms with Crippen LogP contribution in [0.2, 0.25) is 0 Å². The van der Waals surface area contributed by atoms with E-state index in [1.165, 1.54) is 5.69 Å². The molecule has 0 bridgehead atoms. The molecular weight excluding hydrogens is 230 g/mol. The lowest BCUT2D eigenvalue weighted by Gasteiger charge is -2.16. The molecule has 1 N–H and O–H groups in total. The molecule has 0 aliphatic carbocycles. The van der Waals surface area contributed by atoms with Crippen molar-refractivity contribution in [2.75, 3.05) is 13.1 Å². The van der Waals surface area contributed by atoms with E-state index in [-0.39, 0.29) is 11.8 Å². The lowest BCUT2D eigenvalue weighted by molar-refractivity contribution is -0.142. The highest BCUT2D eigenvalue weighted by Gasteiger charge is 2.34. The van der Waals surface area contributed by atoms with Gasteiger partial charge in [0.25, 0.3) is 0 Å². The Balaban J connectivity index is 1.98. The van der Waals surface area contributed by atoms with Gasteiger partial charge in [-0.05, 0) is 18.4 Å². The molecule has 1 aliphatic rings. The molecule has 0 amide bonds. The fourth-order valence-electron chi connectivity index (χ4n) is 2.65. The number of aliphatic carboxylic acids is 1. The molecule has 1 fully saturated rings. The number of rotatable bonds is 5. The van der Waals surface area contributed by atoms with Gasteiger partial charge in [-0.25, -0.2) is 0 Å². The highest BCUT2D eigenvalue weighted by molar-refractivity contribution is 5.71. The van der Waals surface area contributed by atoms with Gasteiger partial charge in [0.05, 0.1) is 11.6 Å². The molecule has 2 rings (SSSR count). The van der Waals surface area contributed by atoms with Crippen LogP contribution in [0.3, 0.4) is 0 Å². The van der Waals surface area contributed by atoms with Gasteiger partial charge in [-0.2, -0.15) is 5.10 Å². The van der Waals surface area contributed by atoms with Crippen LogP contribution in [-0.2, 0) is 17.9 Å². The first-order valence-corrected chi connectivity index (χ1v) is 6.57. The molecule has 2 heterocycles. The van der Waals surface area contributed by atoms with Crippen molar-refractivity contribution in [3.8, 4) is 0 Å². The summed E-state index contributed by atoms with van der Waals surface area (Å²) < 4.78 is 2.01. The summed E-state index contributed by atoms with van der Waals surface area (Å²) in [5, 5.41) is 13.4. The van der Waals surface area contributed by atoms with Gasteiger partial charge in [-0.1, -0.05) is 13.8 Å². The number of aryl methyl sites for hydroxylation is 1. The average molecular weight is 251 g/mol. The van der Waals surface area contributed by atoms with Crippen LogP contribution in [0.25, 0.3) is 0 Å². The van der Waals surface area contributed by atoms with Gasteiger partial charge in [0, 0.05) is 32.4 Å². The average Bonchev–Trinajstić information content (AvgIpc) is 2.87. The van der Waals surface area contributed by atoms with Gasteiger partial charge in [-0.3, -0.25) is 14.4 Å². The normalized spacial score (nSPS) is 24.6. The molecule has 1 saturated heterocycles. The maximum absolute atomic E-state index is 11.1. The second-order valence-corrected chi connectivity index (χ2v) is 5.16. The topological polar surface area (TPSA) is 58.4 Å². The third-order valence-corrected chi connectivity index (χ3v) is 3.63. The van der Waals surface area contributed by atoms with Gasteiger partial charge in [0.15, 0.2) is 0 Å². The van der Waals surface area contributed by atoms with Crippen LogP contribution in [0.15, 0.2) is 12.3 Å². The summed E-state index contributed by atoms with van der Waals surface area (Å²) >= 11 is 0. The van der Waals surface area contributed by atoms with E-state index in [9.17, 15) is 4.79 Å². The molecule has 5 heteroatoms. The molecule has 0 aromatic carbocycles. The number of carboxylic acid groups (broad SMARTS) is 1. The standard InChI is InChI=1S/C13H21N3O2/c1-3-6-16-11(4-5-14-16)8-15-7-10(2)12(9-15)13(17)18/h4-5,10,12H,3,6-9H2,1-2H3,(H,17,18). The summed E-state index contributed by atoms with van der Waals surface area (Å²) in [7, 11) is 0. The van der Waals surface area contributed by atoms with Crippen LogP contribution in [0.1, 0.15) is 26.0 Å². The Labute approximate surface area is 107 Å². The van der Waals surface area contributed by atoms with E-state index in [1.807, 2.05) is 23.9 Å². The molecule has 1 aliphatic heterocycles. The summed E-state index contributed by atoms with van der Waals surface area (Å²) in [5.74, 6) is -0.676. The van der Waals surface area contributed by atoms with E-state index in [4.69, 9.17) is 5.11 Å². The van der Waals surface area contributed by atoms with Crippen molar-refractivity contribution in [2.45, 2.75) is 33.4 Å². The second-order valence-electron chi connectivity index (χ2n) is 5.16. The molecule has 1 aromatic rings. The monoisotopic (exact) mass is 251 g/mol. The van der Waals surface area contributed by atoms with Crippen LogP contribution in [0, 0.1) is 11.8 Å². The summed E-state index contributed by atoms with van der Waals surface area (Å²) in [4.78, 5) is 13.3. The first kappa shape index (κ1) is 13.1. The maximum atomic E-state index is 11.1. The van der Waals surface area contributed by atoms with Crippen molar-refractivity contribution in [1.29, 1.82) is 0 Å². The smallest absolute Gasteiger partial charge is 0.308 e. The Kier molecular flexibility index (Phi) is 4.01. The SMILES string of the molecule is CCCn1nccc1CN1CC(C)C(C(=O)O)C1. The van der Waals surface area contributed by atoms with Gasteiger partial charge in [0.2, 0.25) is 0 Å². The molecule has 0 spiro atoms. The van der Waals surface area contributed by atoms with E-state index < -0.39 is 5.97 Å². The van der Waals surface area contributed by atoms with E-state index in [1.54, 1.807) is 0 Å². The lowest BCUT2D eigenvalue weighted by atomic mass is 9.99. The molecule has 5 nitrogen and oxygen atoms in total. The van der Waals surface area contributed by atoms with Crippen molar-refractivity contribution < 1.29 is 9.90 Å². The van der Waals surface area contributed by atoms with E-state index in [2.05, 4.69) is 16.9 Å².